The van der Waals surface area contributed by atoms with Gasteiger partial charge in [0.25, 0.3) is 5.91 Å². The Kier molecular flexibility index (Phi) is 9.21. The molecule has 2 aromatic carbocycles. The maximum absolute atomic E-state index is 12.9. The van der Waals surface area contributed by atoms with E-state index in [2.05, 4.69) is 10.7 Å². The van der Waals surface area contributed by atoms with Crippen molar-refractivity contribution in [3.05, 3.63) is 56.9 Å². The molecule has 3 rings (SSSR count). The van der Waals surface area contributed by atoms with E-state index in [-0.39, 0.29) is 27.5 Å². The summed E-state index contributed by atoms with van der Waals surface area (Å²) in [6, 6.07) is 8.81. The molecule has 2 N–H and O–H groups in total. The summed E-state index contributed by atoms with van der Waals surface area (Å²) in [5.41, 5.74) is 3.38. The second kappa shape index (κ2) is 12.1. The molecule has 13 heteroatoms. The number of carbonyl (C=O) groups is 3. The molecule has 184 valence electrons. The number of halogens is 2. The number of amides is 3. The van der Waals surface area contributed by atoms with Gasteiger partial charge in [-0.25, -0.2) is 15.0 Å². The van der Waals surface area contributed by atoms with Gasteiger partial charge in [-0.2, -0.15) is 5.01 Å². The van der Waals surface area contributed by atoms with Crippen LogP contribution in [-0.4, -0.2) is 47.6 Å². The average Bonchev–Trinajstić information content (AvgIpc) is 3.07. The summed E-state index contributed by atoms with van der Waals surface area (Å²) in [4.78, 5) is 37.1. The number of nitrogens with zero attached hydrogens (tertiary/aromatic N) is 1. The molecule has 3 amide bonds. The molecule has 0 atom stereocenters. The summed E-state index contributed by atoms with van der Waals surface area (Å²) < 4.78 is 15.8. The first-order valence-corrected chi connectivity index (χ1v) is 12.0. The second-order valence-electron chi connectivity index (χ2n) is 6.72. The van der Waals surface area contributed by atoms with Crippen LogP contribution in [0.15, 0.2) is 41.3 Å². The van der Waals surface area contributed by atoms with Gasteiger partial charge < -0.3 is 19.5 Å². The van der Waals surface area contributed by atoms with Crippen LogP contribution in [0.1, 0.15) is 12.5 Å². The Hall–Kier alpha value is -2.99. The van der Waals surface area contributed by atoms with Gasteiger partial charge in [-0.05, 0) is 61.1 Å². The Morgan fingerprint density at radius 3 is 2.60 bits per heavy atom. The molecule has 1 heterocycles. The van der Waals surface area contributed by atoms with Gasteiger partial charge in [0, 0.05) is 5.69 Å². The van der Waals surface area contributed by atoms with Gasteiger partial charge in [0.2, 0.25) is 0 Å². The van der Waals surface area contributed by atoms with Gasteiger partial charge in [-0.1, -0.05) is 41.0 Å². The highest BCUT2D eigenvalue weighted by atomic mass is 35.5. The number of anilines is 1. The molecule has 0 radical (unpaired) electrons. The Balaban J connectivity index is 1.70. The highest BCUT2D eigenvalue weighted by molar-refractivity contribution is 8.26. The van der Waals surface area contributed by atoms with E-state index in [1.165, 1.54) is 19.2 Å². The molecule has 1 aliphatic rings. The first-order chi connectivity index (χ1) is 16.7. The van der Waals surface area contributed by atoms with Crippen LogP contribution >= 0.6 is 47.2 Å². The van der Waals surface area contributed by atoms with E-state index in [4.69, 9.17) is 49.6 Å². The molecule has 0 aliphatic carbocycles. The number of methoxy groups -OCH3 is 1. The van der Waals surface area contributed by atoms with Crippen molar-refractivity contribution in [3.8, 4) is 11.5 Å². The molecule has 0 spiro atoms. The minimum Gasteiger partial charge on any atom is -0.493 e. The number of hydrogen-bond acceptors (Lipinski definition) is 8. The summed E-state index contributed by atoms with van der Waals surface area (Å²) >= 11 is 18.1. The van der Waals surface area contributed by atoms with Crippen LogP contribution in [-0.2, 0) is 14.3 Å². The molecule has 35 heavy (non-hydrogen) atoms. The maximum atomic E-state index is 12.9. The highest BCUT2D eigenvalue weighted by Crippen LogP contribution is 2.34. The third-order valence-electron chi connectivity index (χ3n) is 4.32. The Labute approximate surface area is 220 Å². The minimum absolute atomic E-state index is 0.137. The standard InChI is InChI=1S/C22H19Cl2N3O6S2/c1-3-32-19(28)11-33-17-8-12(4-7-16(17)31-2)9-18-20(29)27(22(34)35-18)26-21(30)25-13-5-6-14(23)15(24)10-13/h4-10H,3,11H2,1-2H3,(H2,25,26,30)/b18-9-. The number of urea groups is 1. The van der Waals surface area contributed by atoms with E-state index in [1.807, 2.05) is 0 Å². The number of esters is 1. The van der Waals surface area contributed by atoms with Crippen LogP contribution in [0, 0.1) is 0 Å². The van der Waals surface area contributed by atoms with E-state index in [0.29, 0.717) is 27.8 Å². The monoisotopic (exact) mass is 555 g/mol. The lowest BCUT2D eigenvalue weighted by molar-refractivity contribution is -0.145. The van der Waals surface area contributed by atoms with Crippen LogP contribution in [0.2, 0.25) is 10.0 Å². The van der Waals surface area contributed by atoms with Crippen molar-refractivity contribution in [3.63, 3.8) is 0 Å². The summed E-state index contributed by atoms with van der Waals surface area (Å²) in [6.45, 7) is 1.63. The van der Waals surface area contributed by atoms with Crippen LogP contribution in [0.3, 0.4) is 0 Å². The molecule has 1 aliphatic heterocycles. The lowest BCUT2D eigenvalue weighted by atomic mass is 10.2. The molecule has 1 saturated heterocycles. The number of carbonyl (C=O) groups excluding carboxylic acids is 3. The lowest BCUT2D eigenvalue weighted by Gasteiger charge is -2.16. The third kappa shape index (κ3) is 7.01. The van der Waals surface area contributed by atoms with Gasteiger partial charge >= 0.3 is 12.0 Å². The fraction of sp³-hybridized carbons (Fsp3) is 0.182. The Morgan fingerprint density at radius 1 is 1.14 bits per heavy atom. The molecular formula is C22H19Cl2N3O6S2. The van der Waals surface area contributed by atoms with Crippen LogP contribution in [0.5, 0.6) is 11.5 Å². The van der Waals surface area contributed by atoms with E-state index in [0.717, 1.165) is 16.8 Å². The summed E-state index contributed by atoms with van der Waals surface area (Å²) in [5.74, 6) is -0.344. The van der Waals surface area contributed by atoms with E-state index >= 15 is 0 Å². The van der Waals surface area contributed by atoms with Crippen molar-refractivity contribution < 1.29 is 28.6 Å². The molecule has 0 saturated carbocycles. The Bertz CT molecular complexity index is 1210. The fourth-order valence-electron chi connectivity index (χ4n) is 2.79. The molecule has 0 aromatic heterocycles. The van der Waals surface area contributed by atoms with Crippen LogP contribution < -0.4 is 20.2 Å². The second-order valence-corrected chi connectivity index (χ2v) is 9.21. The molecule has 0 unspecified atom stereocenters. The van der Waals surface area contributed by atoms with Gasteiger partial charge in [0.05, 0.1) is 28.7 Å². The zero-order valence-electron chi connectivity index (χ0n) is 18.4. The Morgan fingerprint density at radius 2 is 1.91 bits per heavy atom. The quantitative estimate of drug-likeness (QED) is 0.269. The number of hydrazine groups is 1. The topological polar surface area (TPSA) is 106 Å². The predicted octanol–water partition coefficient (Wildman–Crippen LogP) is 4.88. The van der Waals surface area contributed by atoms with Crippen molar-refractivity contribution in [2.45, 2.75) is 6.92 Å². The molecule has 9 nitrogen and oxygen atoms in total. The SMILES string of the molecule is CCOC(=O)COc1cc(/C=C2\SC(=S)N(NC(=O)Nc3ccc(Cl)c(Cl)c3)C2=O)ccc1OC. The number of hydrogen-bond donors (Lipinski definition) is 2. The number of thiocarbonyl (C=S) groups is 1. The van der Waals surface area contributed by atoms with E-state index in [1.54, 1.807) is 37.3 Å². The zero-order valence-corrected chi connectivity index (χ0v) is 21.6. The summed E-state index contributed by atoms with van der Waals surface area (Å²) in [7, 11) is 1.46. The average molecular weight is 556 g/mol. The van der Waals surface area contributed by atoms with Crippen molar-refractivity contribution in [1.29, 1.82) is 0 Å². The number of rotatable bonds is 8. The maximum Gasteiger partial charge on any atom is 0.344 e. The van der Waals surface area contributed by atoms with Crippen LogP contribution in [0.4, 0.5) is 10.5 Å². The number of ether oxygens (including phenoxy) is 3. The van der Waals surface area contributed by atoms with Gasteiger partial charge in [0.1, 0.15) is 0 Å². The first-order valence-electron chi connectivity index (χ1n) is 9.99. The van der Waals surface area contributed by atoms with Gasteiger partial charge in [-0.3, -0.25) is 4.79 Å². The minimum atomic E-state index is -0.694. The first kappa shape index (κ1) is 26.6. The number of benzene rings is 2. The normalized spacial score (nSPS) is 14.2. The van der Waals surface area contributed by atoms with Gasteiger partial charge in [-0.15, -0.1) is 0 Å². The molecule has 1 fully saturated rings. The summed E-state index contributed by atoms with van der Waals surface area (Å²) in [5, 5.41) is 4.12. The van der Waals surface area contributed by atoms with Crippen molar-refractivity contribution >= 4 is 81.2 Å². The molecule has 0 bridgehead atoms. The lowest BCUT2D eigenvalue weighted by Crippen LogP contribution is -2.46. The fourth-order valence-corrected chi connectivity index (χ4v) is 4.26. The molecular weight excluding hydrogens is 537 g/mol. The zero-order chi connectivity index (χ0) is 25.5. The predicted molar refractivity (Wildman–Crippen MR) is 139 cm³/mol. The van der Waals surface area contributed by atoms with Crippen LogP contribution in [0.25, 0.3) is 6.08 Å². The number of thioether (sulfide) groups is 1. The third-order valence-corrected chi connectivity index (χ3v) is 6.36. The van der Waals surface area contributed by atoms with Gasteiger partial charge in [0.15, 0.2) is 22.4 Å². The van der Waals surface area contributed by atoms with Crippen molar-refractivity contribution in [2.75, 3.05) is 25.6 Å². The molecule has 2 aromatic rings. The van der Waals surface area contributed by atoms with E-state index < -0.39 is 17.9 Å². The van der Waals surface area contributed by atoms with Crippen molar-refractivity contribution in [1.82, 2.24) is 10.4 Å². The largest absolute Gasteiger partial charge is 0.493 e. The number of nitrogens with one attached hydrogen (secondary N) is 2. The smallest absolute Gasteiger partial charge is 0.344 e. The van der Waals surface area contributed by atoms with E-state index in [9.17, 15) is 14.4 Å². The van der Waals surface area contributed by atoms with Crippen molar-refractivity contribution in [2.24, 2.45) is 0 Å². The highest BCUT2D eigenvalue weighted by Gasteiger charge is 2.33. The summed E-state index contributed by atoms with van der Waals surface area (Å²) in [6.07, 6.45) is 1.58.